The number of hydrogen-bond acceptors (Lipinski definition) is 3. The SMILES string of the molecule is COc1ccc(CC(=O)NNC(=O)/C=C/c2ccc(C)cc2Br)cc1. The Morgan fingerprint density at radius 1 is 1.12 bits per heavy atom. The van der Waals surface area contributed by atoms with E-state index >= 15 is 0 Å². The molecule has 0 aliphatic heterocycles. The number of carbonyl (C=O) groups is 2. The van der Waals surface area contributed by atoms with E-state index in [0.717, 1.165) is 26.9 Å². The van der Waals surface area contributed by atoms with Crippen LogP contribution >= 0.6 is 15.9 Å². The molecule has 0 saturated carbocycles. The molecule has 25 heavy (non-hydrogen) atoms. The fourth-order valence-electron chi connectivity index (χ4n) is 2.08. The van der Waals surface area contributed by atoms with Crippen LogP contribution in [0.3, 0.4) is 0 Å². The summed E-state index contributed by atoms with van der Waals surface area (Å²) in [7, 11) is 1.58. The van der Waals surface area contributed by atoms with Crippen LogP contribution in [0, 0.1) is 6.92 Å². The van der Waals surface area contributed by atoms with E-state index in [0.29, 0.717) is 0 Å². The predicted molar refractivity (Wildman–Crippen MR) is 101 cm³/mol. The minimum absolute atomic E-state index is 0.164. The fraction of sp³-hybridized carbons (Fsp3) is 0.158. The number of carbonyl (C=O) groups excluding carboxylic acids is 2. The second kappa shape index (κ2) is 9.03. The van der Waals surface area contributed by atoms with Crippen LogP contribution in [0.1, 0.15) is 16.7 Å². The van der Waals surface area contributed by atoms with E-state index < -0.39 is 5.91 Å². The van der Waals surface area contributed by atoms with Crippen LogP contribution in [0.25, 0.3) is 6.08 Å². The summed E-state index contributed by atoms with van der Waals surface area (Å²) < 4.78 is 5.97. The molecule has 0 unspecified atom stereocenters. The average Bonchev–Trinajstić information content (AvgIpc) is 2.60. The first-order valence-corrected chi connectivity index (χ1v) is 8.43. The Balaban J connectivity index is 1.82. The molecule has 6 heteroatoms. The number of hydrazine groups is 1. The van der Waals surface area contributed by atoms with Crippen molar-refractivity contribution in [2.45, 2.75) is 13.3 Å². The molecule has 0 radical (unpaired) electrons. The molecule has 0 fully saturated rings. The highest BCUT2D eigenvalue weighted by Gasteiger charge is 2.05. The lowest BCUT2D eigenvalue weighted by molar-refractivity contribution is -0.126. The summed E-state index contributed by atoms with van der Waals surface area (Å²) in [6.07, 6.45) is 3.20. The van der Waals surface area contributed by atoms with Crippen LogP contribution in [0.5, 0.6) is 5.75 Å². The first kappa shape index (κ1) is 18.7. The van der Waals surface area contributed by atoms with Crippen molar-refractivity contribution in [3.63, 3.8) is 0 Å². The van der Waals surface area contributed by atoms with Gasteiger partial charge in [-0.1, -0.05) is 40.2 Å². The Bertz CT molecular complexity index is 786. The van der Waals surface area contributed by atoms with Crippen molar-refractivity contribution in [3.05, 3.63) is 69.7 Å². The lowest BCUT2D eigenvalue weighted by Crippen LogP contribution is -2.41. The smallest absolute Gasteiger partial charge is 0.262 e. The van der Waals surface area contributed by atoms with Crippen molar-refractivity contribution in [2.24, 2.45) is 0 Å². The molecule has 2 rings (SSSR count). The van der Waals surface area contributed by atoms with Crippen molar-refractivity contribution < 1.29 is 14.3 Å². The summed E-state index contributed by atoms with van der Waals surface area (Å²) in [5.74, 6) is 0.0175. The van der Waals surface area contributed by atoms with Gasteiger partial charge in [0, 0.05) is 10.5 Å². The Kier molecular flexibility index (Phi) is 6.77. The third-order valence-corrected chi connectivity index (χ3v) is 4.11. The van der Waals surface area contributed by atoms with Gasteiger partial charge in [0.1, 0.15) is 5.75 Å². The molecule has 0 spiro atoms. The monoisotopic (exact) mass is 402 g/mol. The minimum atomic E-state index is -0.407. The number of amides is 2. The lowest BCUT2D eigenvalue weighted by atomic mass is 10.1. The normalized spacial score (nSPS) is 10.5. The summed E-state index contributed by atoms with van der Waals surface area (Å²) in [6, 6.07) is 13.0. The number of nitrogens with one attached hydrogen (secondary N) is 2. The Morgan fingerprint density at radius 2 is 1.84 bits per heavy atom. The summed E-state index contributed by atoms with van der Waals surface area (Å²) in [6.45, 7) is 1.99. The van der Waals surface area contributed by atoms with E-state index in [4.69, 9.17) is 4.74 Å². The molecule has 5 nitrogen and oxygen atoms in total. The van der Waals surface area contributed by atoms with Gasteiger partial charge in [0.05, 0.1) is 13.5 Å². The van der Waals surface area contributed by atoms with Crippen molar-refractivity contribution in [2.75, 3.05) is 7.11 Å². The van der Waals surface area contributed by atoms with Gasteiger partial charge in [0.2, 0.25) is 5.91 Å². The van der Waals surface area contributed by atoms with Gasteiger partial charge in [0.25, 0.3) is 5.91 Å². The molecule has 2 aromatic carbocycles. The van der Waals surface area contributed by atoms with Crippen LogP contribution in [-0.2, 0) is 16.0 Å². The average molecular weight is 403 g/mol. The second-order valence-electron chi connectivity index (χ2n) is 5.42. The zero-order valence-electron chi connectivity index (χ0n) is 14.0. The molecule has 2 amide bonds. The fourth-order valence-corrected chi connectivity index (χ4v) is 2.70. The molecule has 0 heterocycles. The van der Waals surface area contributed by atoms with E-state index in [-0.39, 0.29) is 12.3 Å². The summed E-state index contributed by atoms with van der Waals surface area (Å²) in [5.41, 5.74) is 7.58. The highest BCUT2D eigenvalue weighted by molar-refractivity contribution is 9.10. The molecular formula is C19H19BrN2O3. The highest BCUT2D eigenvalue weighted by Crippen LogP contribution is 2.19. The number of halogens is 1. The highest BCUT2D eigenvalue weighted by atomic mass is 79.9. The summed E-state index contributed by atoms with van der Waals surface area (Å²) in [4.78, 5) is 23.6. The minimum Gasteiger partial charge on any atom is -0.497 e. The number of ether oxygens (including phenoxy) is 1. The standard InChI is InChI=1S/C19H19BrN2O3/c1-13-3-6-15(17(20)11-13)7-10-18(23)21-22-19(24)12-14-4-8-16(25-2)9-5-14/h3-11H,12H2,1-2H3,(H,21,23)(H,22,24)/b10-7+. The zero-order chi connectivity index (χ0) is 18.2. The maximum Gasteiger partial charge on any atom is 0.262 e. The van der Waals surface area contributed by atoms with Crippen LogP contribution in [0.15, 0.2) is 53.0 Å². The lowest BCUT2D eigenvalue weighted by Gasteiger charge is -2.06. The van der Waals surface area contributed by atoms with Gasteiger partial charge < -0.3 is 4.74 Å². The van der Waals surface area contributed by atoms with Crippen LogP contribution < -0.4 is 15.6 Å². The molecule has 2 aromatic rings. The van der Waals surface area contributed by atoms with Crippen molar-refractivity contribution in [1.82, 2.24) is 10.9 Å². The maximum absolute atomic E-state index is 11.8. The first-order chi connectivity index (χ1) is 12.0. The van der Waals surface area contributed by atoms with Gasteiger partial charge in [-0.2, -0.15) is 0 Å². The molecule has 130 valence electrons. The van der Waals surface area contributed by atoms with Crippen molar-refractivity contribution in [1.29, 1.82) is 0 Å². The second-order valence-corrected chi connectivity index (χ2v) is 6.27. The maximum atomic E-state index is 11.8. The topological polar surface area (TPSA) is 67.4 Å². The molecule has 0 aliphatic carbocycles. The number of benzene rings is 2. The van der Waals surface area contributed by atoms with Gasteiger partial charge in [-0.05, 0) is 47.9 Å². The zero-order valence-corrected chi connectivity index (χ0v) is 15.6. The first-order valence-electron chi connectivity index (χ1n) is 7.64. The van der Waals surface area contributed by atoms with Gasteiger partial charge in [-0.25, -0.2) is 0 Å². The molecule has 0 atom stereocenters. The van der Waals surface area contributed by atoms with Gasteiger partial charge in [-0.3, -0.25) is 20.4 Å². The number of rotatable bonds is 5. The molecular weight excluding hydrogens is 384 g/mol. The third kappa shape index (κ3) is 6.08. The molecule has 0 bridgehead atoms. The third-order valence-electron chi connectivity index (χ3n) is 3.42. The quantitative estimate of drug-likeness (QED) is 0.596. The molecule has 0 aliphatic rings. The van der Waals surface area contributed by atoms with E-state index in [1.165, 1.54) is 6.08 Å². The Hall–Kier alpha value is -2.60. The van der Waals surface area contributed by atoms with E-state index in [2.05, 4.69) is 26.8 Å². The number of hydrogen-bond donors (Lipinski definition) is 2. The van der Waals surface area contributed by atoms with E-state index in [9.17, 15) is 9.59 Å². The van der Waals surface area contributed by atoms with E-state index in [1.54, 1.807) is 37.5 Å². The molecule has 2 N–H and O–H groups in total. The summed E-state index contributed by atoms with van der Waals surface area (Å²) >= 11 is 3.45. The van der Waals surface area contributed by atoms with Crippen LogP contribution in [0.4, 0.5) is 0 Å². The Morgan fingerprint density at radius 3 is 2.48 bits per heavy atom. The Labute approximate surface area is 155 Å². The molecule has 0 saturated heterocycles. The van der Waals surface area contributed by atoms with Crippen molar-refractivity contribution in [3.8, 4) is 5.75 Å². The van der Waals surface area contributed by atoms with Crippen LogP contribution in [0.2, 0.25) is 0 Å². The number of methoxy groups -OCH3 is 1. The van der Waals surface area contributed by atoms with Gasteiger partial charge in [-0.15, -0.1) is 0 Å². The van der Waals surface area contributed by atoms with Gasteiger partial charge in [0.15, 0.2) is 0 Å². The van der Waals surface area contributed by atoms with Crippen LogP contribution in [-0.4, -0.2) is 18.9 Å². The summed E-state index contributed by atoms with van der Waals surface area (Å²) in [5, 5.41) is 0. The number of aryl methyl sites for hydroxylation is 1. The van der Waals surface area contributed by atoms with Gasteiger partial charge >= 0.3 is 0 Å². The van der Waals surface area contributed by atoms with E-state index in [1.807, 2.05) is 25.1 Å². The predicted octanol–water partition coefficient (Wildman–Crippen LogP) is 3.17. The van der Waals surface area contributed by atoms with Crippen molar-refractivity contribution >= 4 is 33.8 Å². The molecule has 0 aromatic heterocycles. The largest absolute Gasteiger partial charge is 0.497 e.